The van der Waals surface area contributed by atoms with Gasteiger partial charge in [0.2, 0.25) is 5.91 Å². The highest BCUT2D eigenvalue weighted by molar-refractivity contribution is 7.45. The van der Waals surface area contributed by atoms with Crippen molar-refractivity contribution in [3.05, 3.63) is 72.9 Å². The molecule has 2 N–H and O–H groups in total. The molecule has 0 aliphatic carbocycles. The minimum atomic E-state index is -4.58. The van der Waals surface area contributed by atoms with Gasteiger partial charge in [-0.2, -0.15) is 0 Å². The fourth-order valence-corrected chi connectivity index (χ4v) is 8.06. The topological polar surface area (TPSA) is 108 Å². The quantitative estimate of drug-likeness (QED) is 0.0272. The van der Waals surface area contributed by atoms with E-state index in [2.05, 4.69) is 92.1 Å². The zero-order valence-electron chi connectivity index (χ0n) is 42.2. The molecule has 0 spiro atoms. The Bertz CT molecular complexity index is 1270. The fraction of sp³-hybridized carbons (Fsp3) is 0.764. The van der Waals surface area contributed by atoms with E-state index < -0.39 is 20.0 Å². The largest absolute Gasteiger partial charge is 0.756 e. The van der Waals surface area contributed by atoms with Crippen LogP contribution in [0.25, 0.3) is 0 Å². The zero-order valence-corrected chi connectivity index (χ0v) is 43.1. The number of aliphatic hydroxyl groups is 1. The number of hydrogen-bond acceptors (Lipinski definition) is 6. The van der Waals surface area contributed by atoms with E-state index in [1.807, 2.05) is 21.1 Å². The highest BCUT2D eigenvalue weighted by atomic mass is 31.2. The Hall–Kier alpha value is -2.06. The molecule has 1 amide bonds. The van der Waals surface area contributed by atoms with Crippen LogP contribution in [-0.4, -0.2) is 68.5 Å². The van der Waals surface area contributed by atoms with Gasteiger partial charge in [-0.15, -0.1) is 0 Å². The Morgan fingerprint density at radius 3 is 1.39 bits per heavy atom. The van der Waals surface area contributed by atoms with Crippen LogP contribution in [0.5, 0.6) is 0 Å². The zero-order chi connectivity index (χ0) is 47.1. The second kappa shape index (κ2) is 46.1. The third-order valence-corrected chi connectivity index (χ3v) is 12.4. The second-order valence-electron chi connectivity index (χ2n) is 18.9. The summed E-state index contributed by atoms with van der Waals surface area (Å²) < 4.78 is 23.4. The number of carbonyl (C=O) groups is 1. The lowest BCUT2D eigenvalue weighted by Gasteiger charge is -2.30. The summed E-state index contributed by atoms with van der Waals surface area (Å²) >= 11 is 0. The SMILES string of the molecule is CC/C=C\C/C=C\C/C=C\C/C=C\C/C=C\C/C=C\CCCCCCC(=O)NC(COP(=O)([O-])OCC[N+](C)(C)C)C(O)CCCCCCCCCCCCCCCCCCCCC. The van der Waals surface area contributed by atoms with Gasteiger partial charge in [-0.3, -0.25) is 9.36 Å². The van der Waals surface area contributed by atoms with Gasteiger partial charge < -0.3 is 28.8 Å². The van der Waals surface area contributed by atoms with Gasteiger partial charge in [0, 0.05) is 6.42 Å². The Kier molecular flexibility index (Phi) is 44.6. The third-order valence-electron chi connectivity index (χ3n) is 11.5. The van der Waals surface area contributed by atoms with Crippen molar-refractivity contribution in [3.8, 4) is 0 Å². The van der Waals surface area contributed by atoms with Crippen LogP contribution in [-0.2, 0) is 18.4 Å². The minimum absolute atomic E-state index is 0.00328. The van der Waals surface area contributed by atoms with Crippen LogP contribution < -0.4 is 10.2 Å². The summed E-state index contributed by atoms with van der Waals surface area (Å²) in [5, 5.41) is 14.0. The van der Waals surface area contributed by atoms with Gasteiger partial charge in [0.25, 0.3) is 7.82 Å². The highest BCUT2D eigenvalue weighted by Crippen LogP contribution is 2.38. The van der Waals surface area contributed by atoms with Gasteiger partial charge in [0.05, 0.1) is 39.9 Å². The lowest BCUT2D eigenvalue weighted by molar-refractivity contribution is -0.870. The summed E-state index contributed by atoms with van der Waals surface area (Å²) in [5.41, 5.74) is 0. The molecule has 0 saturated heterocycles. The molecule has 3 atom stereocenters. The monoisotopic (exact) mass is 917 g/mol. The molecule has 0 fully saturated rings. The number of phosphoric ester groups is 1. The van der Waals surface area contributed by atoms with Crippen LogP contribution in [0.15, 0.2) is 72.9 Å². The van der Waals surface area contributed by atoms with Gasteiger partial charge >= 0.3 is 0 Å². The van der Waals surface area contributed by atoms with Gasteiger partial charge in [-0.25, -0.2) is 0 Å². The Morgan fingerprint density at radius 1 is 0.562 bits per heavy atom. The summed E-state index contributed by atoms with van der Waals surface area (Å²) in [6, 6.07) is -0.819. The summed E-state index contributed by atoms with van der Waals surface area (Å²) in [6.45, 7) is 4.59. The van der Waals surface area contributed by atoms with Crippen LogP contribution in [0, 0.1) is 0 Å². The highest BCUT2D eigenvalue weighted by Gasteiger charge is 2.24. The van der Waals surface area contributed by atoms with Crippen LogP contribution in [0.4, 0.5) is 0 Å². The van der Waals surface area contributed by atoms with E-state index in [9.17, 15) is 19.4 Å². The number of quaternary nitrogens is 1. The van der Waals surface area contributed by atoms with Crippen molar-refractivity contribution in [1.29, 1.82) is 0 Å². The van der Waals surface area contributed by atoms with Crippen molar-refractivity contribution in [3.63, 3.8) is 0 Å². The van der Waals surface area contributed by atoms with Crippen molar-refractivity contribution < 1.29 is 32.9 Å². The molecule has 64 heavy (non-hydrogen) atoms. The average Bonchev–Trinajstić information content (AvgIpc) is 3.25. The minimum Gasteiger partial charge on any atom is -0.756 e. The Balaban J connectivity index is 4.33. The number of amides is 1. The number of nitrogens with zero attached hydrogens (tertiary/aromatic N) is 1. The molecule has 0 aromatic heterocycles. The maximum Gasteiger partial charge on any atom is 0.268 e. The summed E-state index contributed by atoms with van der Waals surface area (Å²) in [5.74, 6) is -0.190. The van der Waals surface area contributed by atoms with E-state index in [0.717, 1.165) is 89.9 Å². The number of aliphatic hydroxyl groups excluding tert-OH is 1. The smallest absolute Gasteiger partial charge is 0.268 e. The van der Waals surface area contributed by atoms with E-state index >= 15 is 0 Å². The first-order valence-corrected chi connectivity index (χ1v) is 27.7. The summed E-state index contributed by atoms with van der Waals surface area (Å²) in [4.78, 5) is 25.5. The molecule has 8 nitrogen and oxygen atoms in total. The second-order valence-corrected chi connectivity index (χ2v) is 20.3. The lowest BCUT2D eigenvalue weighted by Crippen LogP contribution is -2.46. The first-order chi connectivity index (χ1) is 31.0. The van der Waals surface area contributed by atoms with E-state index in [1.54, 1.807) is 0 Å². The van der Waals surface area contributed by atoms with Gasteiger partial charge in [-0.05, 0) is 64.2 Å². The van der Waals surface area contributed by atoms with E-state index in [1.165, 1.54) is 103 Å². The predicted octanol–water partition coefficient (Wildman–Crippen LogP) is 14.9. The van der Waals surface area contributed by atoms with E-state index in [0.29, 0.717) is 23.9 Å². The number of unbranched alkanes of at least 4 members (excludes halogenated alkanes) is 22. The molecular formula is C55H101N2O6P. The maximum absolute atomic E-state index is 12.9. The molecule has 0 aromatic rings. The van der Waals surface area contributed by atoms with Crippen molar-refractivity contribution >= 4 is 13.7 Å². The van der Waals surface area contributed by atoms with Crippen LogP contribution >= 0.6 is 7.82 Å². The Morgan fingerprint density at radius 2 is 0.953 bits per heavy atom. The molecule has 0 rings (SSSR count). The van der Waals surface area contributed by atoms with Crippen molar-refractivity contribution in [2.24, 2.45) is 0 Å². The molecule has 0 bridgehead atoms. The van der Waals surface area contributed by atoms with Crippen molar-refractivity contribution in [1.82, 2.24) is 5.32 Å². The number of phosphoric acid groups is 1. The number of carbonyl (C=O) groups excluding carboxylic acids is 1. The van der Waals surface area contributed by atoms with Crippen LogP contribution in [0.2, 0.25) is 0 Å². The Labute approximate surface area is 395 Å². The van der Waals surface area contributed by atoms with Gasteiger partial charge in [-0.1, -0.05) is 222 Å². The van der Waals surface area contributed by atoms with Gasteiger partial charge in [0.15, 0.2) is 0 Å². The number of nitrogens with one attached hydrogen (secondary N) is 1. The first kappa shape index (κ1) is 61.9. The third kappa shape index (κ3) is 47.9. The van der Waals surface area contributed by atoms with Crippen LogP contribution in [0.1, 0.15) is 219 Å². The molecule has 0 aliphatic rings. The number of allylic oxidation sites excluding steroid dienone is 12. The molecule has 9 heteroatoms. The van der Waals surface area contributed by atoms with E-state index in [-0.39, 0.29) is 19.1 Å². The molecule has 372 valence electrons. The standard InChI is InChI=1S/C55H101N2O6P/c1-6-8-10-12-14-16-18-20-22-24-26-27-28-29-31-33-35-37-39-41-43-45-47-49-55(59)56-53(52-63-64(60,61)62-51-50-57(3,4)5)54(58)48-46-44-42-40-38-36-34-32-30-25-23-21-19-17-15-13-11-9-7-2/h8,10,14,16,20,22,26-27,29,31,35,37,53-54,58H,6-7,9,11-13,15,17-19,21,23-25,28,30,32-34,36,38-52H2,1-5H3,(H-,56,59,60,61)/b10-8-,16-14-,22-20-,27-26-,31-29-,37-35-. The molecule has 0 radical (unpaired) electrons. The summed E-state index contributed by atoms with van der Waals surface area (Å²) in [7, 11) is 1.28. The number of likely N-dealkylation sites (N-methyl/N-ethyl adjacent to an activating group) is 1. The molecule has 0 aliphatic heterocycles. The average molecular weight is 917 g/mol. The molecule has 0 saturated carbocycles. The molecule has 0 heterocycles. The van der Waals surface area contributed by atoms with Crippen molar-refractivity contribution in [2.75, 3.05) is 40.9 Å². The number of hydrogen-bond donors (Lipinski definition) is 2. The molecule has 0 aromatic carbocycles. The van der Waals surface area contributed by atoms with E-state index in [4.69, 9.17) is 9.05 Å². The molecular weight excluding hydrogens is 816 g/mol. The maximum atomic E-state index is 12.9. The first-order valence-electron chi connectivity index (χ1n) is 26.3. The lowest BCUT2D eigenvalue weighted by atomic mass is 10.0. The van der Waals surface area contributed by atoms with Crippen molar-refractivity contribution in [2.45, 2.75) is 231 Å². The van der Waals surface area contributed by atoms with Crippen LogP contribution in [0.3, 0.4) is 0 Å². The summed E-state index contributed by atoms with van der Waals surface area (Å²) in [6.07, 6.45) is 62.0. The van der Waals surface area contributed by atoms with Gasteiger partial charge in [0.1, 0.15) is 13.2 Å². The normalized spacial score (nSPS) is 14.7. The molecule has 3 unspecified atom stereocenters. The number of rotatable bonds is 47. The fourth-order valence-electron chi connectivity index (χ4n) is 7.34. The predicted molar refractivity (Wildman–Crippen MR) is 274 cm³/mol.